The minimum absolute atomic E-state index is 0.773. The maximum Gasteiger partial charge on any atom is 0.174 e. The minimum atomic E-state index is 0.773. The third kappa shape index (κ3) is 3.29. The van der Waals surface area contributed by atoms with Crippen molar-refractivity contribution in [2.75, 3.05) is 0 Å². The molecule has 4 heteroatoms. The molecule has 1 aliphatic rings. The quantitative estimate of drug-likeness (QED) is 0.811. The van der Waals surface area contributed by atoms with Gasteiger partial charge in [-0.15, -0.1) is 10.2 Å². The molecule has 4 nitrogen and oxygen atoms in total. The van der Waals surface area contributed by atoms with E-state index in [0.29, 0.717) is 0 Å². The lowest BCUT2D eigenvalue weighted by Crippen LogP contribution is -2.11. The third-order valence-corrected chi connectivity index (χ3v) is 3.48. The fraction of sp³-hybridized carbons (Fsp3) is 0.909. The zero-order valence-corrected chi connectivity index (χ0v) is 9.45. The van der Waals surface area contributed by atoms with Crippen LogP contribution < -0.4 is 0 Å². The normalized spacial score (nSPS) is 28.3. The van der Waals surface area contributed by atoms with Crippen LogP contribution in [0.5, 0.6) is 0 Å². The molecule has 1 aliphatic carbocycles. The Morgan fingerprint density at radius 2 is 1.93 bits per heavy atom. The Kier molecular flexibility index (Phi) is 3.69. The molecule has 0 aromatic carbocycles. The van der Waals surface area contributed by atoms with Gasteiger partial charge >= 0.3 is 0 Å². The van der Waals surface area contributed by atoms with Crippen molar-refractivity contribution in [3.63, 3.8) is 0 Å². The fourth-order valence-electron chi connectivity index (χ4n) is 2.53. The predicted octanol–water partition coefficient (Wildman–Crippen LogP) is 2.35. The first kappa shape index (κ1) is 10.6. The van der Waals surface area contributed by atoms with Gasteiger partial charge in [0.1, 0.15) is 0 Å². The first-order valence-electron chi connectivity index (χ1n) is 6.07. The SMILES string of the molecule is CC1CCCC(Cc2nn[nH]n2)CCC1. The molecule has 1 saturated carbocycles. The monoisotopic (exact) mass is 208 g/mol. The van der Waals surface area contributed by atoms with Crippen molar-refractivity contribution in [3.05, 3.63) is 5.82 Å². The molecule has 1 N–H and O–H groups in total. The Morgan fingerprint density at radius 3 is 2.53 bits per heavy atom. The molecule has 0 radical (unpaired) electrons. The zero-order chi connectivity index (χ0) is 10.5. The highest BCUT2D eigenvalue weighted by Gasteiger charge is 2.16. The molecule has 1 fully saturated rings. The van der Waals surface area contributed by atoms with Gasteiger partial charge in [0.15, 0.2) is 5.82 Å². The van der Waals surface area contributed by atoms with Gasteiger partial charge in [0.05, 0.1) is 0 Å². The first-order chi connectivity index (χ1) is 7.34. The molecular formula is C11H20N4. The van der Waals surface area contributed by atoms with Gasteiger partial charge in [0.25, 0.3) is 0 Å². The highest BCUT2D eigenvalue weighted by Crippen LogP contribution is 2.27. The number of aromatic nitrogens is 4. The van der Waals surface area contributed by atoms with E-state index in [-0.39, 0.29) is 0 Å². The van der Waals surface area contributed by atoms with E-state index < -0.39 is 0 Å². The van der Waals surface area contributed by atoms with Gasteiger partial charge in [-0.3, -0.25) is 0 Å². The number of tetrazole rings is 1. The fourth-order valence-corrected chi connectivity index (χ4v) is 2.53. The Labute approximate surface area is 90.8 Å². The van der Waals surface area contributed by atoms with Crippen molar-refractivity contribution in [3.8, 4) is 0 Å². The summed E-state index contributed by atoms with van der Waals surface area (Å²) < 4.78 is 0. The average Bonchev–Trinajstić information content (AvgIpc) is 2.66. The van der Waals surface area contributed by atoms with Crippen LogP contribution in [0, 0.1) is 11.8 Å². The molecule has 15 heavy (non-hydrogen) atoms. The van der Waals surface area contributed by atoms with Crippen molar-refractivity contribution >= 4 is 0 Å². The summed E-state index contributed by atoms with van der Waals surface area (Å²) in [5.74, 6) is 2.58. The molecule has 1 aromatic rings. The van der Waals surface area contributed by atoms with Gasteiger partial charge in [-0.1, -0.05) is 50.7 Å². The zero-order valence-electron chi connectivity index (χ0n) is 9.45. The maximum atomic E-state index is 4.03. The lowest BCUT2D eigenvalue weighted by atomic mass is 9.85. The second-order valence-corrected chi connectivity index (χ2v) is 4.87. The van der Waals surface area contributed by atoms with E-state index in [0.717, 1.165) is 24.1 Å². The molecular weight excluding hydrogens is 188 g/mol. The number of aromatic amines is 1. The van der Waals surface area contributed by atoms with Crippen LogP contribution >= 0.6 is 0 Å². The summed E-state index contributed by atoms with van der Waals surface area (Å²) in [6.45, 7) is 2.37. The lowest BCUT2D eigenvalue weighted by molar-refractivity contribution is 0.326. The van der Waals surface area contributed by atoms with Crippen LogP contribution in [-0.2, 0) is 6.42 Å². The number of rotatable bonds is 2. The van der Waals surface area contributed by atoms with E-state index in [9.17, 15) is 0 Å². The Hall–Kier alpha value is -0.930. The third-order valence-electron chi connectivity index (χ3n) is 3.48. The van der Waals surface area contributed by atoms with Crippen LogP contribution in [0.25, 0.3) is 0 Å². The summed E-state index contributed by atoms with van der Waals surface area (Å²) in [6, 6.07) is 0. The molecule has 0 saturated heterocycles. The van der Waals surface area contributed by atoms with Crippen molar-refractivity contribution < 1.29 is 0 Å². The smallest absolute Gasteiger partial charge is 0.174 e. The second kappa shape index (κ2) is 5.24. The standard InChI is InChI=1S/C11H20N4/c1-9-4-2-6-10(7-3-5-9)8-11-12-14-15-13-11/h9-10H,2-8H2,1H3,(H,12,13,14,15). The topological polar surface area (TPSA) is 54.5 Å². The largest absolute Gasteiger partial charge is 0.177 e. The summed E-state index contributed by atoms with van der Waals surface area (Å²) in [7, 11) is 0. The van der Waals surface area contributed by atoms with Gasteiger partial charge in [0.2, 0.25) is 0 Å². The van der Waals surface area contributed by atoms with Crippen LogP contribution in [0.3, 0.4) is 0 Å². The highest BCUT2D eigenvalue weighted by atomic mass is 15.5. The van der Waals surface area contributed by atoms with Crippen molar-refractivity contribution in [1.82, 2.24) is 20.6 Å². The van der Waals surface area contributed by atoms with Crippen LogP contribution in [0.2, 0.25) is 0 Å². The van der Waals surface area contributed by atoms with Crippen molar-refractivity contribution in [1.29, 1.82) is 0 Å². The van der Waals surface area contributed by atoms with Gasteiger partial charge in [-0.05, 0) is 11.8 Å². The maximum absolute atomic E-state index is 4.03. The summed E-state index contributed by atoms with van der Waals surface area (Å²) in [5, 5.41) is 14.2. The summed E-state index contributed by atoms with van der Waals surface area (Å²) in [5.41, 5.74) is 0. The molecule has 2 rings (SSSR count). The van der Waals surface area contributed by atoms with Gasteiger partial charge in [-0.2, -0.15) is 5.21 Å². The van der Waals surface area contributed by atoms with Crippen LogP contribution in [-0.4, -0.2) is 20.6 Å². The molecule has 0 aliphatic heterocycles. The molecule has 0 unspecified atom stereocenters. The Balaban J connectivity index is 1.82. The van der Waals surface area contributed by atoms with Crippen LogP contribution in [0.1, 0.15) is 51.3 Å². The Morgan fingerprint density at radius 1 is 1.20 bits per heavy atom. The second-order valence-electron chi connectivity index (χ2n) is 4.87. The summed E-state index contributed by atoms with van der Waals surface area (Å²) in [4.78, 5) is 0. The van der Waals surface area contributed by atoms with E-state index in [1.807, 2.05) is 0 Å². The molecule has 0 atom stereocenters. The molecule has 0 bridgehead atoms. The number of nitrogens with one attached hydrogen (secondary N) is 1. The number of hydrogen-bond acceptors (Lipinski definition) is 3. The van der Waals surface area contributed by atoms with Crippen molar-refractivity contribution in [2.45, 2.75) is 51.9 Å². The molecule has 84 valence electrons. The van der Waals surface area contributed by atoms with E-state index in [2.05, 4.69) is 27.5 Å². The number of H-pyrrole nitrogens is 1. The van der Waals surface area contributed by atoms with Gasteiger partial charge < -0.3 is 0 Å². The van der Waals surface area contributed by atoms with Gasteiger partial charge in [0, 0.05) is 6.42 Å². The molecule has 1 heterocycles. The van der Waals surface area contributed by atoms with E-state index >= 15 is 0 Å². The van der Waals surface area contributed by atoms with E-state index in [4.69, 9.17) is 0 Å². The highest BCUT2D eigenvalue weighted by molar-refractivity contribution is 4.81. The van der Waals surface area contributed by atoms with E-state index in [1.54, 1.807) is 0 Å². The summed E-state index contributed by atoms with van der Waals surface area (Å²) >= 11 is 0. The molecule has 1 aromatic heterocycles. The Bertz CT molecular complexity index is 260. The summed E-state index contributed by atoms with van der Waals surface area (Å²) in [6.07, 6.45) is 9.18. The number of nitrogens with zero attached hydrogens (tertiary/aromatic N) is 3. The van der Waals surface area contributed by atoms with Crippen molar-refractivity contribution in [2.24, 2.45) is 11.8 Å². The van der Waals surface area contributed by atoms with Gasteiger partial charge in [-0.25, -0.2) is 0 Å². The average molecular weight is 208 g/mol. The molecule has 0 spiro atoms. The van der Waals surface area contributed by atoms with Crippen LogP contribution in [0.15, 0.2) is 0 Å². The minimum Gasteiger partial charge on any atom is -0.177 e. The van der Waals surface area contributed by atoms with Crippen LogP contribution in [0.4, 0.5) is 0 Å². The lowest BCUT2D eigenvalue weighted by Gasteiger charge is -2.21. The predicted molar refractivity (Wildman–Crippen MR) is 58.2 cm³/mol. The van der Waals surface area contributed by atoms with E-state index in [1.165, 1.54) is 38.5 Å². The number of hydrogen-bond donors (Lipinski definition) is 1. The molecule has 0 amide bonds. The first-order valence-corrected chi connectivity index (χ1v) is 6.07.